The largest absolute Gasteiger partial charge is 0.480 e. The average molecular weight is 262 g/mol. The van der Waals surface area contributed by atoms with Gasteiger partial charge in [-0.3, -0.25) is 4.79 Å². The molecule has 0 bridgehead atoms. The van der Waals surface area contributed by atoms with Crippen LogP contribution in [0, 0.1) is 20.8 Å². The van der Waals surface area contributed by atoms with E-state index >= 15 is 0 Å². The van der Waals surface area contributed by atoms with Crippen molar-refractivity contribution in [3.63, 3.8) is 0 Å². The quantitative estimate of drug-likeness (QED) is 0.357. The maximum atomic E-state index is 11.3. The molecule has 0 heterocycles. The molecule has 1 aromatic carbocycles. The molecule has 0 saturated heterocycles. The highest BCUT2D eigenvalue weighted by Crippen LogP contribution is 2.22. The molecule has 0 spiro atoms. The molecular formula is C13H18N4O2. The van der Waals surface area contributed by atoms with Crippen LogP contribution >= 0.6 is 0 Å². The van der Waals surface area contributed by atoms with Crippen LogP contribution in [0.3, 0.4) is 0 Å². The van der Waals surface area contributed by atoms with Gasteiger partial charge in [0, 0.05) is 18.0 Å². The van der Waals surface area contributed by atoms with Crippen LogP contribution in [0.4, 0.5) is 0 Å². The van der Waals surface area contributed by atoms with Gasteiger partial charge >= 0.3 is 5.97 Å². The summed E-state index contributed by atoms with van der Waals surface area (Å²) in [7, 11) is 0. The molecule has 102 valence electrons. The van der Waals surface area contributed by atoms with E-state index in [4.69, 9.17) is 5.53 Å². The zero-order chi connectivity index (χ0) is 14.4. The number of hydrogen-bond acceptors (Lipinski definition) is 3. The first kappa shape index (κ1) is 15.0. The molecule has 1 atom stereocenters. The van der Waals surface area contributed by atoms with E-state index in [1.54, 1.807) is 0 Å². The van der Waals surface area contributed by atoms with Gasteiger partial charge in [-0.25, -0.2) is 0 Å². The predicted octanol–water partition coefficient (Wildman–Crippen LogP) is 2.64. The summed E-state index contributed by atoms with van der Waals surface area (Å²) in [6, 6.07) is 3.09. The SMILES string of the molecule is Cc1cc(C)c(C(NCCN=[N+]=[N-])C(=O)O)cc1C. The van der Waals surface area contributed by atoms with Gasteiger partial charge < -0.3 is 10.4 Å². The molecular weight excluding hydrogens is 244 g/mol. The van der Waals surface area contributed by atoms with Crippen molar-refractivity contribution in [3.05, 3.63) is 44.8 Å². The number of nitrogens with zero attached hydrogens (tertiary/aromatic N) is 3. The minimum atomic E-state index is -0.938. The third-order valence-corrected chi connectivity index (χ3v) is 3.06. The molecule has 6 heteroatoms. The Balaban J connectivity index is 2.96. The second-order valence-corrected chi connectivity index (χ2v) is 4.47. The van der Waals surface area contributed by atoms with Crippen LogP contribution in [0.15, 0.2) is 17.2 Å². The van der Waals surface area contributed by atoms with Gasteiger partial charge in [0.1, 0.15) is 6.04 Å². The Kier molecular flexibility index (Phi) is 5.36. The molecule has 19 heavy (non-hydrogen) atoms. The first-order valence-corrected chi connectivity index (χ1v) is 6.02. The van der Waals surface area contributed by atoms with E-state index in [1.807, 2.05) is 32.9 Å². The van der Waals surface area contributed by atoms with E-state index in [0.29, 0.717) is 6.54 Å². The highest BCUT2D eigenvalue weighted by Gasteiger charge is 2.21. The standard InChI is InChI=1S/C13H18N4O2/c1-8-6-10(3)11(7-9(8)2)12(13(18)19)15-4-5-16-17-14/h6-7,12,15H,4-5H2,1-3H3,(H,18,19). The second-order valence-electron chi connectivity index (χ2n) is 4.47. The number of carboxylic acids is 1. The average Bonchev–Trinajstić information content (AvgIpc) is 2.34. The number of aryl methyl sites for hydroxylation is 3. The Labute approximate surface area is 112 Å². The molecule has 2 N–H and O–H groups in total. The predicted molar refractivity (Wildman–Crippen MR) is 73.0 cm³/mol. The third-order valence-electron chi connectivity index (χ3n) is 3.06. The van der Waals surface area contributed by atoms with Crippen LogP contribution in [0.2, 0.25) is 0 Å². The summed E-state index contributed by atoms with van der Waals surface area (Å²) in [4.78, 5) is 14.0. The van der Waals surface area contributed by atoms with Gasteiger partial charge in [0.25, 0.3) is 0 Å². The number of hydrogen-bond donors (Lipinski definition) is 2. The fraction of sp³-hybridized carbons (Fsp3) is 0.462. The Hall–Kier alpha value is -2.04. The first-order valence-electron chi connectivity index (χ1n) is 6.02. The van der Waals surface area contributed by atoms with Gasteiger partial charge in [0.15, 0.2) is 0 Å². The van der Waals surface area contributed by atoms with E-state index in [2.05, 4.69) is 15.3 Å². The van der Waals surface area contributed by atoms with E-state index in [-0.39, 0.29) is 6.54 Å². The third kappa shape index (κ3) is 3.98. The summed E-state index contributed by atoms with van der Waals surface area (Å²) >= 11 is 0. The summed E-state index contributed by atoms with van der Waals surface area (Å²) in [5.41, 5.74) is 12.1. The number of benzene rings is 1. The molecule has 1 unspecified atom stereocenters. The van der Waals surface area contributed by atoms with Gasteiger partial charge in [-0.15, -0.1) is 0 Å². The monoisotopic (exact) mass is 262 g/mol. The molecule has 0 saturated carbocycles. The number of carboxylic acid groups (broad SMARTS) is 1. The lowest BCUT2D eigenvalue weighted by Gasteiger charge is -2.18. The molecule has 0 aliphatic carbocycles. The van der Waals surface area contributed by atoms with Crippen LogP contribution in [0.1, 0.15) is 28.3 Å². The van der Waals surface area contributed by atoms with Crippen molar-refractivity contribution in [3.8, 4) is 0 Å². The lowest BCUT2D eigenvalue weighted by Crippen LogP contribution is -2.31. The van der Waals surface area contributed by atoms with Crippen molar-refractivity contribution >= 4 is 5.97 Å². The van der Waals surface area contributed by atoms with Crippen LogP contribution in [-0.2, 0) is 4.79 Å². The molecule has 0 aromatic heterocycles. The van der Waals surface area contributed by atoms with Gasteiger partial charge in [-0.05, 0) is 48.6 Å². The fourth-order valence-corrected chi connectivity index (χ4v) is 1.93. The van der Waals surface area contributed by atoms with E-state index < -0.39 is 12.0 Å². The number of aliphatic carboxylic acids is 1. The lowest BCUT2D eigenvalue weighted by molar-refractivity contribution is -0.139. The molecule has 6 nitrogen and oxygen atoms in total. The molecule has 0 aliphatic heterocycles. The van der Waals surface area contributed by atoms with E-state index in [0.717, 1.165) is 22.3 Å². The smallest absolute Gasteiger partial charge is 0.325 e. The number of rotatable bonds is 6. The van der Waals surface area contributed by atoms with Gasteiger partial charge in [0.2, 0.25) is 0 Å². The lowest BCUT2D eigenvalue weighted by atomic mass is 9.96. The summed E-state index contributed by atoms with van der Waals surface area (Å²) in [5.74, 6) is -0.938. The van der Waals surface area contributed by atoms with E-state index in [1.165, 1.54) is 0 Å². The van der Waals surface area contributed by atoms with Crippen molar-refractivity contribution < 1.29 is 9.90 Å². The molecule has 0 radical (unpaired) electrons. The molecule has 0 aliphatic rings. The van der Waals surface area contributed by atoms with Crippen molar-refractivity contribution in [1.29, 1.82) is 0 Å². The van der Waals surface area contributed by atoms with Crippen molar-refractivity contribution in [1.82, 2.24) is 5.32 Å². The van der Waals surface area contributed by atoms with Crippen molar-refractivity contribution in [2.75, 3.05) is 13.1 Å². The molecule has 0 fully saturated rings. The topological polar surface area (TPSA) is 98.1 Å². The first-order chi connectivity index (χ1) is 8.97. The summed E-state index contributed by atoms with van der Waals surface area (Å²) in [6.07, 6.45) is 0. The van der Waals surface area contributed by atoms with Crippen LogP contribution in [0.25, 0.3) is 10.4 Å². The second kappa shape index (κ2) is 6.78. The minimum absolute atomic E-state index is 0.226. The zero-order valence-corrected chi connectivity index (χ0v) is 11.3. The Morgan fingerprint density at radius 3 is 2.58 bits per heavy atom. The minimum Gasteiger partial charge on any atom is -0.480 e. The molecule has 1 aromatic rings. The molecule has 1 rings (SSSR count). The van der Waals surface area contributed by atoms with Crippen LogP contribution in [0.5, 0.6) is 0 Å². The Morgan fingerprint density at radius 1 is 1.37 bits per heavy atom. The summed E-state index contributed by atoms with van der Waals surface area (Å²) in [5, 5.41) is 15.6. The molecule has 0 amide bonds. The maximum absolute atomic E-state index is 11.3. The normalized spacial score (nSPS) is 11.7. The zero-order valence-electron chi connectivity index (χ0n) is 11.3. The van der Waals surface area contributed by atoms with Gasteiger partial charge in [-0.1, -0.05) is 17.2 Å². The van der Waals surface area contributed by atoms with Gasteiger partial charge in [0.05, 0.1) is 0 Å². The fourth-order valence-electron chi connectivity index (χ4n) is 1.93. The number of azide groups is 1. The summed E-state index contributed by atoms with van der Waals surface area (Å²) in [6.45, 7) is 6.40. The Bertz CT molecular complexity index is 522. The Morgan fingerprint density at radius 2 is 2.00 bits per heavy atom. The maximum Gasteiger partial charge on any atom is 0.325 e. The van der Waals surface area contributed by atoms with E-state index in [9.17, 15) is 9.90 Å². The van der Waals surface area contributed by atoms with Gasteiger partial charge in [-0.2, -0.15) is 0 Å². The van der Waals surface area contributed by atoms with Crippen molar-refractivity contribution in [2.45, 2.75) is 26.8 Å². The van der Waals surface area contributed by atoms with Crippen LogP contribution < -0.4 is 5.32 Å². The van der Waals surface area contributed by atoms with Crippen LogP contribution in [-0.4, -0.2) is 24.2 Å². The highest BCUT2D eigenvalue weighted by molar-refractivity contribution is 5.76. The number of nitrogens with one attached hydrogen (secondary N) is 1. The summed E-state index contributed by atoms with van der Waals surface area (Å²) < 4.78 is 0. The highest BCUT2D eigenvalue weighted by atomic mass is 16.4. The van der Waals surface area contributed by atoms with Crippen molar-refractivity contribution in [2.24, 2.45) is 5.11 Å². The number of carbonyl (C=O) groups is 1.